The predicted octanol–water partition coefficient (Wildman–Crippen LogP) is 3.08. The third-order valence-electron chi connectivity index (χ3n) is 4.70. The SMILES string of the molecule is O=C(O)c1ccc(CNC(=O)N2CCCN(c3ccc(F)c(F)c3)CC2)cc1. The van der Waals surface area contributed by atoms with Crippen molar-refractivity contribution >= 4 is 17.7 Å². The smallest absolute Gasteiger partial charge is 0.335 e. The molecular formula is C20H21F2N3O3. The lowest BCUT2D eigenvalue weighted by atomic mass is 10.1. The third kappa shape index (κ3) is 4.76. The fraction of sp³-hybridized carbons (Fsp3) is 0.300. The van der Waals surface area contributed by atoms with Crippen LogP contribution in [0, 0.1) is 11.6 Å². The Labute approximate surface area is 161 Å². The van der Waals surface area contributed by atoms with Crippen molar-refractivity contribution in [3.8, 4) is 0 Å². The summed E-state index contributed by atoms with van der Waals surface area (Å²) >= 11 is 0. The molecule has 1 aliphatic heterocycles. The Morgan fingerprint density at radius 2 is 1.71 bits per heavy atom. The van der Waals surface area contributed by atoms with E-state index in [0.717, 1.165) is 11.6 Å². The molecule has 0 radical (unpaired) electrons. The topological polar surface area (TPSA) is 72.9 Å². The van der Waals surface area contributed by atoms with Gasteiger partial charge in [-0.15, -0.1) is 0 Å². The number of carbonyl (C=O) groups excluding carboxylic acids is 1. The number of urea groups is 1. The minimum atomic E-state index is -0.995. The fourth-order valence-corrected chi connectivity index (χ4v) is 3.12. The van der Waals surface area contributed by atoms with E-state index in [2.05, 4.69) is 5.32 Å². The van der Waals surface area contributed by atoms with E-state index in [-0.39, 0.29) is 11.6 Å². The van der Waals surface area contributed by atoms with E-state index in [9.17, 15) is 18.4 Å². The van der Waals surface area contributed by atoms with Gasteiger partial charge in [0.15, 0.2) is 11.6 Å². The maximum atomic E-state index is 13.5. The Balaban J connectivity index is 1.53. The molecule has 28 heavy (non-hydrogen) atoms. The maximum Gasteiger partial charge on any atom is 0.335 e. The van der Waals surface area contributed by atoms with Gasteiger partial charge in [-0.05, 0) is 36.2 Å². The van der Waals surface area contributed by atoms with Crippen molar-refractivity contribution in [3.05, 3.63) is 65.2 Å². The predicted molar refractivity (Wildman–Crippen MR) is 100 cm³/mol. The van der Waals surface area contributed by atoms with Crippen LogP contribution in [0.3, 0.4) is 0 Å². The number of hydrogen-bond donors (Lipinski definition) is 2. The van der Waals surface area contributed by atoms with Crippen molar-refractivity contribution in [2.45, 2.75) is 13.0 Å². The summed E-state index contributed by atoms with van der Waals surface area (Å²) in [7, 11) is 0. The minimum Gasteiger partial charge on any atom is -0.478 e. The molecule has 0 bridgehead atoms. The van der Waals surface area contributed by atoms with Gasteiger partial charge >= 0.3 is 12.0 Å². The first-order valence-electron chi connectivity index (χ1n) is 8.99. The molecule has 3 rings (SSSR count). The lowest BCUT2D eigenvalue weighted by Gasteiger charge is -2.24. The number of benzene rings is 2. The van der Waals surface area contributed by atoms with E-state index in [4.69, 9.17) is 5.11 Å². The van der Waals surface area contributed by atoms with E-state index in [1.165, 1.54) is 24.3 Å². The van der Waals surface area contributed by atoms with Gasteiger partial charge in [0.1, 0.15) is 0 Å². The molecule has 2 N–H and O–H groups in total. The molecule has 6 nitrogen and oxygen atoms in total. The number of nitrogens with zero attached hydrogens (tertiary/aromatic N) is 2. The van der Waals surface area contributed by atoms with Crippen molar-refractivity contribution in [3.63, 3.8) is 0 Å². The number of halogens is 2. The van der Waals surface area contributed by atoms with Gasteiger partial charge < -0.3 is 20.2 Å². The van der Waals surface area contributed by atoms with Crippen LogP contribution >= 0.6 is 0 Å². The van der Waals surface area contributed by atoms with Gasteiger partial charge in [-0.2, -0.15) is 0 Å². The van der Waals surface area contributed by atoms with Crippen molar-refractivity contribution in [1.82, 2.24) is 10.2 Å². The van der Waals surface area contributed by atoms with E-state index in [1.54, 1.807) is 17.0 Å². The first-order valence-corrected chi connectivity index (χ1v) is 8.99. The summed E-state index contributed by atoms with van der Waals surface area (Å²) in [6.07, 6.45) is 0.708. The van der Waals surface area contributed by atoms with E-state index in [0.29, 0.717) is 44.8 Å². The number of carboxylic acids is 1. The molecule has 2 aromatic rings. The molecule has 0 aliphatic carbocycles. The van der Waals surface area contributed by atoms with Crippen LogP contribution < -0.4 is 10.2 Å². The molecule has 0 saturated carbocycles. The quantitative estimate of drug-likeness (QED) is 0.843. The second kappa shape index (κ2) is 8.69. The van der Waals surface area contributed by atoms with Crippen molar-refractivity contribution < 1.29 is 23.5 Å². The van der Waals surface area contributed by atoms with Crippen LogP contribution in [0.5, 0.6) is 0 Å². The highest BCUT2D eigenvalue weighted by Gasteiger charge is 2.20. The molecule has 0 unspecified atom stereocenters. The Hall–Kier alpha value is -3.16. The molecule has 2 aromatic carbocycles. The van der Waals surface area contributed by atoms with Crippen LogP contribution in [0.1, 0.15) is 22.3 Å². The Morgan fingerprint density at radius 3 is 2.39 bits per heavy atom. The molecule has 148 valence electrons. The average Bonchev–Trinajstić information content (AvgIpc) is 2.95. The zero-order valence-electron chi connectivity index (χ0n) is 15.2. The number of hydrogen-bond acceptors (Lipinski definition) is 3. The van der Waals surface area contributed by atoms with Crippen LogP contribution in [0.2, 0.25) is 0 Å². The summed E-state index contributed by atoms with van der Waals surface area (Å²) in [5, 5.41) is 11.7. The van der Waals surface area contributed by atoms with Crippen molar-refractivity contribution in [2.24, 2.45) is 0 Å². The molecule has 8 heteroatoms. The standard InChI is InChI=1S/C20H21F2N3O3/c21-17-7-6-16(12-18(17)22)24-8-1-9-25(11-10-24)20(28)23-13-14-2-4-15(5-3-14)19(26)27/h2-7,12H,1,8-11,13H2,(H,23,28)(H,26,27). The van der Waals surface area contributed by atoms with Crippen LogP contribution in [0.4, 0.5) is 19.3 Å². The van der Waals surface area contributed by atoms with Crippen molar-refractivity contribution in [2.75, 3.05) is 31.1 Å². The monoisotopic (exact) mass is 389 g/mol. The van der Waals surface area contributed by atoms with Crippen molar-refractivity contribution in [1.29, 1.82) is 0 Å². The fourth-order valence-electron chi connectivity index (χ4n) is 3.12. The molecule has 1 saturated heterocycles. The average molecular weight is 389 g/mol. The van der Waals surface area contributed by atoms with Crippen LogP contribution in [0.15, 0.2) is 42.5 Å². The van der Waals surface area contributed by atoms with Gasteiger partial charge in [0.25, 0.3) is 0 Å². The Bertz CT molecular complexity index is 858. The molecule has 0 spiro atoms. The summed E-state index contributed by atoms with van der Waals surface area (Å²) in [6.45, 7) is 2.48. The highest BCUT2D eigenvalue weighted by molar-refractivity contribution is 5.87. The molecular weight excluding hydrogens is 368 g/mol. The first kappa shape index (κ1) is 19.6. The lowest BCUT2D eigenvalue weighted by molar-refractivity contribution is 0.0697. The maximum absolute atomic E-state index is 13.5. The second-order valence-electron chi connectivity index (χ2n) is 6.59. The Morgan fingerprint density at radius 1 is 0.964 bits per heavy atom. The van der Waals surface area contributed by atoms with Crippen LogP contribution in [-0.2, 0) is 6.54 Å². The summed E-state index contributed by atoms with van der Waals surface area (Å²) < 4.78 is 26.6. The number of rotatable bonds is 4. The zero-order chi connectivity index (χ0) is 20.1. The number of carboxylic acid groups (broad SMARTS) is 1. The summed E-state index contributed by atoms with van der Waals surface area (Å²) in [6, 6.07) is 9.92. The van der Waals surface area contributed by atoms with E-state index >= 15 is 0 Å². The van der Waals surface area contributed by atoms with Gasteiger partial charge in [0.05, 0.1) is 5.56 Å². The second-order valence-corrected chi connectivity index (χ2v) is 6.59. The Kier molecular flexibility index (Phi) is 6.08. The number of nitrogens with one attached hydrogen (secondary N) is 1. The lowest BCUT2D eigenvalue weighted by Crippen LogP contribution is -2.41. The van der Waals surface area contributed by atoms with Crippen LogP contribution in [0.25, 0.3) is 0 Å². The zero-order valence-corrected chi connectivity index (χ0v) is 15.2. The van der Waals surface area contributed by atoms with Gasteiger partial charge in [-0.25, -0.2) is 18.4 Å². The largest absolute Gasteiger partial charge is 0.478 e. The number of aromatic carboxylic acids is 1. The van der Waals surface area contributed by atoms with Gasteiger partial charge in [0.2, 0.25) is 0 Å². The molecule has 2 amide bonds. The first-order chi connectivity index (χ1) is 13.4. The van der Waals surface area contributed by atoms with Gasteiger partial charge in [-0.1, -0.05) is 12.1 Å². The number of carbonyl (C=O) groups is 2. The van der Waals surface area contributed by atoms with Gasteiger partial charge in [-0.3, -0.25) is 0 Å². The molecule has 1 fully saturated rings. The van der Waals surface area contributed by atoms with E-state index < -0.39 is 17.6 Å². The number of amides is 2. The molecule has 0 aromatic heterocycles. The summed E-state index contributed by atoms with van der Waals surface area (Å²) in [5.74, 6) is -2.76. The highest BCUT2D eigenvalue weighted by Crippen LogP contribution is 2.19. The third-order valence-corrected chi connectivity index (χ3v) is 4.70. The normalized spacial score (nSPS) is 14.5. The molecule has 1 aliphatic rings. The number of anilines is 1. The highest BCUT2D eigenvalue weighted by atomic mass is 19.2. The molecule has 1 heterocycles. The molecule has 0 atom stereocenters. The summed E-state index contributed by atoms with van der Waals surface area (Å²) in [4.78, 5) is 26.9. The minimum absolute atomic E-state index is 0.194. The summed E-state index contributed by atoms with van der Waals surface area (Å²) in [5.41, 5.74) is 1.59. The van der Waals surface area contributed by atoms with Gasteiger partial charge in [0, 0.05) is 44.5 Å². The van der Waals surface area contributed by atoms with E-state index in [1.807, 2.05) is 4.90 Å². The van der Waals surface area contributed by atoms with Crippen LogP contribution in [-0.4, -0.2) is 48.2 Å².